The molecule has 18 heavy (non-hydrogen) atoms. The van der Waals surface area contributed by atoms with Gasteiger partial charge in [-0.1, -0.05) is 6.07 Å². The summed E-state index contributed by atoms with van der Waals surface area (Å²) in [6, 6.07) is 8.83. The molecule has 0 bridgehead atoms. The molecule has 2 rings (SSSR count). The van der Waals surface area contributed by atoms with Crippen molar-refractivity contribution in [1.82, 2.24) is 4.98 Å². The third-order valence-electron chi connectivity index (χ3n) is 2.31. The largest absolute Gasteiger partial charge is 0.456 e. The summed E-state index contributed by atoms with van der Waals surface area (Å²) < 4.78 is 18.0. The van der Waals surface area contributed by atoms with Gasteiger partial charge in [0.1, 0.15) is 12.4 Å². The normalized spacial score (nSPS) is 10.1. The van der Waals surface area contributed by atoms with Gasteiger partial charge in [-0.2, -0.15) is 0 Å². The number of nitrogens with two attached hydrogens (primary N) is 1. The van der Waals surface area contributed by atoms with Gasteiger partial charge in [0.15, 0.2) is 0 Å². The van der Waals surface area contributed by atoms with Gasteiger partial charge in [0, 0.05) is 11.9 Å². The van der Waals surface area contributed by atoms with E-state index in [0.29, 0.717) is 5.69 Å². The van der Waals surface area contributed by atoms with Crippen molar-refractivity contribution in [2.24, 2.45) is 0 Å². The highest BCUT2D eigenvalue weighted by Gasteiger charge is 2.12. The molecule has 1 aromatic carbocycles. The number of ether oxygens (including phenoxy) is 1. The van der Waals surface area contributed by atoms with E-state index in [2.05, 4.69) is 4.98 Å². The van der Waals surface area contributed by atoms with Crippen molar-refractivity contribution >= 4 is 11.7 Å². The Morgan fingerprint density at radius 3 is 2.89 bits per heavy atom. The zero-order chi connectivity index (χ0) is 13.0. The Labute approximate surface area is 103 Å². The molecule has 0 fully saturated rings. The minimum absolute atomic E-state index is 0.0194. The van der Waals surface area contributed by atoms with Gasteiger partial charge in [0.05, 0.1) is 11.3 Å². The van der Waals surface area contributed by atoms with Gasteiger partial charge in [-0.25, -0.2) is 9.18 Å². The molecule has 5 heteroatoms. The SMILES string of the molecule is Nc1ccc(F)cc1C(=O)OCc1ccccn1. The van der Waals surface area contributed by atoms with E-state index in [-0.39, 0.29) is 17.9 Å². The Hall–Kier alpha value is -2.43. The second-order valence-corrected chi connectivity index (χ2v) is 3.63. The van der Waals surface area contributed by atoms with Crippen molar-refractivity contribution in [3.63, 3.8) is 0 Å². The molecule has 0 aliphatic rings. The van der Waals surface area contributed by atoms with Gasteiger partial charge in [-0.3, -0.25) is 4.98 Å². The molecule has 0 radical (unpaired) electrons. The van der Waals surface area contributed by atoms with Crippen molar-refractivity contribution in [1.29, 1.82) is 0 Å². The summed E-state index contributed by atoms with van der Waals surface area (Å²) >= 11 is 0. The summed E-state index contributed by atoms with van der Waals surface area (Å²) in [5, 5.41) is 0. The molecule has 0 saturated heterocycles. The van der Waals surface area contributed by atoms with Crippen LogP contribution in [-0.4, -0.2) is 11.0 Å². The number of anilines is 1. The third-order valence-corrected chi connectivity index (χ3v) is 2.31. The van der Waals surface area contributed by atoms with Gasteiger partial charge < -0.3 is 10.5 Å². The minimum Gasteiger partial charge on any atom is -0.456 e. The zero-order valence-corrected chi connectivity index (χ0v) is 9.47. The number of carbonyl (C=O) groups is 1. The molecule has 1 heterocycles. The summed E-state index contributed by atoms with van der Waals surface area (Å²) in [6.45, 7) is 0.0234. The fourth-order valence-corrected chi connectivity index (χ4v) is 1.41. The molecule has 2 N–H and O–H groups in total. The minimum atomic E-state index is -0.669. The molecular formula is C13H11FN2O2. The summed E-state index contributed by atoms with van der Waals surface area (Å²) in [4.78, 5) is 15.7. The molecule has 1 aromatic heterocycles. The standard InChI is InChI=1S/C13H11FN2O2/c14-9-4-5-12(15)11(7-9)13(17)18-8-10-3-1-2-6-16-10/h1-7H,8,15H2. The average molecular weight is 246 g/mol. The van der Waals surface area contributed by atoms with Crippen LogP contribution in [0.15, 0.2) is 42.6 Å². The Balaban J connectivity index is 2.06. The van der Waals surface area contributed by atoms with Crippen LogP contribution in [0.4, 0.5) is 10.1 Å². The lowest BCUT2D eigenvalue weighted by Gasteiger charge is -2.06. The maximum atomic E-state index is 13.0. The van der Waals surface area contributed by atoms with Crippen molar-refractivity contribution in [2.75, 3.05) is 5.73 Å². The summed E-state index contributed by atoms with van der Waals surface area (Å²) in [6.07, 6.45) is 1.60. The number of aromatic nitrogens is 1. The first-order valence-corrected chi connectivity index (χ1v) is 5.29. The van der Waals surface area contributed by atoms with Gasteiger partial charge in [-0.05, 0) is 30.3 Å². The molecule has 0 spiro atoms. The molecule has 0 amide bonds. The van der Waals surface area contributed by atoms with E-state index in [4.69, 9.17) is 10.5 Å². The first-order chi connectivity index (χ1) is 8.66. The molecule has 0 saturated carbocycles. The number of halogens is 1. The number of nitrogen functional groups attached to an aromatic ring is 1. The fourth-order valence-electron chi connectivity index (χ4n) is 1.41. The third kappa shape index (κ3) is 2.82. The number of pyridine rings is 1. The summed E-state index contributed by atoms with van der Waals surface area (Å²) in [5.74, 6) is -1.20. The number of nitrogens with zero attached hydrogens (tertiary/aromatic N) is 1. The van der Waals surface area contributed by atoms with Crippen molar-refractivity contribution < 1.29 is 13.9 Å². The van der Waals surface area contributed by atoms with E-state index in [9.17, 15) is 9.18 Å². The van der Waals surface area contributed by atoms with E-state index in [0.717, 1.165) is 6.07 Å². The van der Waals surface area contributed by atoms with Gasteiger partial charge in [0.2, 0.25) is 0 Å². The second-order valence-electron chi connectivity index (χ2n) is 3.63. The second kappa shape index (κ2) is 5.27. The Kier molecular flexibility index (Phi) is 3.52. The lowest BCUT2D eigenvalue weighted by Crippen LogP contribution is -2.09. The fraction of sp³-hybridized carbons (Fsp3) is 0.0769. The topological polar surface area (TPSA) is 65.2 Å². The Morgan fingerprint density at radius 2 is 2.17 bits per heavy atom. The van der Waals surface area contributed by atoms with Crippen LogP contribution < -0.4 is 5.73 Å². The predicted octanol–water partition coefficient (Wildman–Crippen LogP) is 2.16. The summed E-state index contributed by atoms with van der Waals surface area (Å²) in [7, 11) is 0. The van der Waals surface area contributed by atoms with Crippen LogP contribution >= 0.6 is 0 Å². The van der Waals surface area contributed by atoms with Crippen molar-refractivity contribution in [3.8, 4) is 0 Å². The van der Waals surface area contributed by atoms with E-state index in [1.807, 2.05) is 0 Å². The smallest absolute Gasteiger partial charge is 0.340 e. The number of benzene rings is 1. The lowest BCUT2D eigenvalue weighted by molar-refractivity contribution is 0.0468. The number of esters is 1. The lowest BCUT2D eigenvalue weighted by atomic mass is 10.2. The average Bonchev–Trinajstić information content (AvgIpc) is 2.40. The molecule has 2 aromatic rings. The molecule has 0 aliphatic carbocycles. The van der Waals surface area contributed by atoms with Gasteiger partial charge in [-0.15, -0.1) is 0 Å². The highest BCUT2D eigenvalue weighted by atomic mass is 19.1. The van der Waals surface area contributed by atoms with Crippen LogP contribution in [0.5, 0.6) is 0 Å². The quantitative estimate of drug-likeness (QED) is 0.665. The number of hydrogen-bond acceptors (Lipinski definition) is 4. The van der Waals surface area contributed by atoms with Crippen LogP contribution in [0.1, 0.15) is 16.1 Å². The monoisotopic (exact) mass is 246 g/mol. The predicted molar refractivity (Wildman–Crippen MR) is 64.2 cm³/mol. The molecule has 4 nitrogen and oxygen atoms in total. The number of carbonyl (C=O) groups excluding carboxylic acids is 1. The van der Waals surface area contributed by atoms with E-state index in [1.165, 1.54) is 12.1 Å². The Morgan fingerprint density at radius 1 is 1.33 bits per heavy atom. The van der Waals surface area contributed by atoms with E-state index >= 15 is 0 Å². The van der Waals surface area contributed by atoms with E-state index < -0.39 is 11.8 Å². The maximum absolute atomic E-state index is 13.0. The highest BCUT2D eigenvalue weighted by molar-refractivity contribution is 5.94. The van der Waals surface area contributed by atoms with Crippen LogP contribution in [0, 0.1) is 5.82 Å². The summed E-state index contributed by atoms with van der Waals surface area (Å²) in [5.41, 5.74) is 6.39. The molecular weight excluding hydrogens is 235 g/mol. The zero-order valence-electron chi connectivity index (χ0n) is 9.47. The molecule has 0 unspecified atom stereocenters. The molecule has 0 atom stereocenters. The Bertz CT molecular complexity index is 558. The van der Waals surface area contributed by atoms with Crippen LogP contribution in [0.3, 0.4) is 0 Å². The van der Waals surface area contributed by atoms with Crippen LogP contribution in [-0.2, 0) is 11.3 Å². The molecule has 92 valence electrons. The first kappa shape index (κ1) is 12.0. The van der Waals surface area contributed by atoms with Gasteiger partial charge in [0.25, 0.3) is 0 Å². The van der Waals surface area contributed by atoms with Crippen molar-refractivity contribution in [3.05, 3.63) is 59.7 Å². The number of hydrogen-bond donors (Lipinski definition) is 1. The van der Waals surface area contributed by atoms with Crippen molar-refractivity contribution in [2.45, 2.75) is 6.61 Å². The van der Waals surface area contributed by atoms with Gasteiger partial charge >= 0.3 is 5.97 Å². The number of rotatable bonds is 3. The highest BCUT2D eigenvalue weighted by Crippen LogP contribution is 2.15. The van der Waals surface area contributed by atoms with Crippen LogP contribution in [0.25, 0.3) is 0 Å². The van der Waals surface area contributed by atoms with Crippen LogP contribution in [0.2, 0.25) is 0 Å². The maximum Gasteiger partial charge on any atom is 0.340 e. The molecule has 0 aliphatic heterocycles. The van der Waals surface area contributed by atoms with E-state index in [1.54, 1.807) is 24.4 Å². The first-order valence-electron chi connectivity index (χ1n) is 5.29.